The quantitative estimate of drug-likeness (QED) is 0.762. The van der Waals surface area contributed by atoms with E-state index in [1.807, 2.05) is 6.92 Å². The Kier molecular flexibility index (Phi) is 3.15. The number of nitrogens with one attached hydrogen (secondary N) is 1. The average molecular weight is 239 g/mol. The van der Waals surface area contributed by atoms with Gasteiger partial charge >= 0.3 is 5.97 Å². The molecule has 1 amide bonds. The number of esters is 1. The number of hydrogen-bond acceptors (Lipinski definition) is 3. The van der Waals surface area contributed by atoms with Crippen molar-refractivity contribution in [2.24, 2.45) is 10.8 Å². The van der Waals surface area contributed by atoms with Crippen molar-refractivity contribution in [3.63, 3.8) is 0 Å². The molecule has 2 bridgehead atoms. The second-order valence-corrected chi connectivity index (χ2v) is 5.36. The molecule has 3 saturated carbocycles. The summed E-state index contributed by atoms with van der Waals surface area (Å²) in [6.45, 7) is 2.29. The molecule has 3 fully saturated rings. The highest BCUT2D eigenvalue weighted by Crippen LogP contribution is 2.57. The van der Waals surface area contributed by atoms with E-state index < -0.39 is 0 Å². The van der Waals surface area contributed by atoms with Gasteiger partial charge in [0.15, 0.2) is 0 Å². The summed E-state index contributed by atoms with van der Waals surface area (Å²) in [6.07, 6.45) is 4.89. The van der Waals surface area contributed by atoms with Gasteiger partial charge in [-0.05, 0) is 45.4 Å². The van der Waals surface area contributed by atoms with Crippen molar-refractivity contribution in [1.82, 2.24) is 5.32 Å². The minimum absolute atomic E-state index is 0.0507. The normalized spacial score (nSPS) is 35.4. The fourth-order valence-electron chi connectivity index (χ4n) is 3.38. The van der Waals surface area contributed by atoms with Crippen LogP contribution in [0.5, 0.6) is 0 Å². The molecule has 0 spiro atoms. The van der Waals surface area contributed by atoms with E-state index in [0.29, 0.717) is 6.61 Å². The zero-order valence-electron chi connectivity index (χ0n) is 10.7. The zero-order valence-corrected chi connectivity index (χ0v) is 10.7. The lowest BCUT2D eigenvalue weighted by atomic mass is 9.53. The van der Waals surface area contributed by atoms with E-state index in [0.717, 1.165) is 38.5 Å². The van der Waals surface area contributed by atoms with Crippen molar-refractivity contribution in [3.8, 4) is 0 Å². The number of amides is 1. The molecule has 0 aromatic rings. The van der Waals surface area contributed by atoms with E-state index in [2.05, 4.69) is 5.32 Å². The molecule has 0 aliphatic heterocycles. The molecule has 3 aliphatic carbocycles. The first-order chi connectivity index (χ1) is 8.08. The second-order valence-electron chi connectivity index (χ2n) is 5.36. The molecule has 4 nitrogen and oxygen atoms in total. The Morgan fingerprint density at radius 2 is 1.53 bits per heavy atom. The Morgan fingerprint density at radius 1 is 1.06 bits per heavy atom. The highest BCUT2D eigenvalue weighted by Gasteiger charge is 2.55. The summed E-state index contributed by atoms with van der Waals surface area (Å²) in [5.41, 5.74) is -0.491. The van der Waals surface area contributed by atoms with Gasteiger partial charge in [0, 0.05) is 12.5 Å². The van der Waals surface area contributed by atoms with Crippen molar-refractivity contribution in [1.29, 1.82) is 0 Å². The van der Waals surface area contributed by atoms with Crippen molar-refractivity contribution >= 4 is 11.9 Å². The van der Waals surface area contributed by atoms with Gasteiger partial charge in [-0.3, -0.25) is 9.59 Å². The molecule has 0 radical (unpaired) electrons. The van der Waals surface area contributed by atoms with Gasteiger partial charge in [0.25, 0.3) is 0 Å². The highest BCUT2D eigenvalue weighted by molar-refractivity contribution is 5.84. The van der Waals surface area contributed by atoms with E-state index >= 15 is 0 Å². The molecular formula is C13H21NO3. The molecule has 96 valence electrons. The minimum Gasteiger partial charge on any atom is -0.466 e. The van der Waals surface area contributed by atoms with Crippen LogP contribution in [0.15, 0.2) is 0 Å². The number of carbonyl (C=O) groups is 2. The summed E-state index contributed by atoms with van der Waals surface area (Å²) < 4.78 is 5.18. The Morgan fingerprint density at radius 3 is 1.94 bits per heavy atom. The maximum Gasteiger partial charge on any atom is 0.312 e. The molecule has 17 heavy (non-hydrogen) atoms. The summed E-state index contributed by atoms with van der Waals surface area (Å²) in [5, 5.41) is 2.76. The topological polar surface area (TPSA) is 55.4 Å². The van der Waals surface area contributed by atoms with Gasteiger partial charge in [-0.25, -0.2) is 0 Å². The molecule has 0 unspecified atom stereocenters. The monoisotopic (exact) mass is 239 g/mol. The summed E-state index contributed by atoms with van der Waals surface area (Å²) >= 11 is 0. The van der Waals surface area contributed by atoms with E-state index in [4.69, 9.17) is 4.74 Å². The third kappa shape index (κ3) is 1.83. The van der Waals surface area contributed by atoms with Gasteiger partial charge in [-0.2, -0.15) is 0 Å². The van der Waals surface area contributed by atoms with Crippen LogP contribution in [0.3, 0.4) is 0 Å². The first-order valence-corrected chi connectivity index (χ1v) is 6.48. The second kappa shape index (κ2) is 4.31. The minimum atomic E-state index is -0.286. The Labute approximate surface area is 102 Å². The largest absolute Gasteiger partial charge is 0.466 e. The highest BCUT2D eigenvalue weighted by atomic mass is 16.5. The van der Waals surface area contributed by atoms with Gasteiger partial charge in [0.05, 0.1) is 12.0 Å². The van der Waals surface area contributed by atoms with Gasteiger partial charge < -0.3 is 10.1 Å². The Hall–Kier alpha value is -1.06. The van der Waals surface area contributed by atoms with Gasteiger partial charge in [-0.15, -0.1) is 0 Å². The summed E-state index contributed by atoms with van der Waals surface area (Å²) in [4.78, 5) is 23.9. The van der Waals surface area contributed by atoms with Crippen LogP contribution >= 0.6 is 0 Å². The fourth-order valence-corrected chi connectivity index (χ4v) is 3.38. The van der Waals surface area contributed by atoms with Gasteiger partial charge in [0.2, 0.25) is 5.91 Å². The predicted octanol–water partition coefficient (Wildman–Crippen LogP) is 1.64. The Bertz CT molecular complexity index is 313. The van der Waals surface area contributed by atoms with E-state index in [1.54, 1.807) is 7.05 Å². The zero-order chi connectivity index (χ0) is 12.5. The lowest BCUT2D eigenvalue weighted by molar-refractivity contribution is -0.168. The standard InChI is InChI=1S/C13H21NO3/c1-3-17-11(16)13-7-4-12(5-8-13,6-9-13)10(15)14-2/h3-9H2,1-2H3,(H,14,15). The van der Waals surface area contributed by atoms with Crippen LogP contribution in [0.25, 0.3) is 0 Å². The van der Waals surface area contributed by atoms with Crippen LogP contribution in [0.4, 0.5) is 0 Å². The third-order valence-corrected chi connectivity index (χ3v) is 4.66. The van der Waals surface area contributed by atoms with Crippen LogP contribution in [-0.2, 0) is 14.3 Å². The van der Waals surface area contributed by atoms with Crippen LogP contribution in [0, 0.1) is 10.8 Å². The van der Waals surface area contributed by atoms with Crippen molar-refractivity contribution in [2.45, 2.75) is 45.4 Å². The van der Waals surface area contributed by atoms with E-state index in [9.17, 15) is 9.59 Å². The SMILES string of the molecule is CCOC(=O)C12CCC(C(=O)NC)(CC1)CC2. The predicted molar refractivity (Wildman–Crippen MR) is 63.3 cm³/mol. The molecule has 3 aliphatic rings. The molecule has 4 heteroatoms. The maximum atomic E-state index is 12.0. The first kappa shape index (κ1) is 12.4. The first-order valence-electron chi connectivity index (χ1n) is 6.48. The molecular weight excluding hydrogens is 218 g/mol. The molecule has 3 rings (SSSR count). The molecule has 0 aromatic carbocycles. The van der Waals surface area contributed by atoms with Crippen LogP contribution in [0.2, 0.25) is 0 Å². The molecule has 1 N–H and O–H groups in total. The summed E-state index contributed by atoms with van der Waals surface area (Å²) in [5.74, 6) is 0.0971. The van der Waals surface area contributed by atoms with Crippen LogP contribution < -0.4 is 5.32 Å². The lowest BCUT2D eigenvalue weighted by Crippen LogP contribution is -2.52. The van der Waals surface area contributed by atoms with E-state index in [-0.39, 0.29) is 22.7 Å². The molecule has 0 aromatic heterocycles. The van der Waals surface area contributed by atoms with Crippen molar-refractivity contribution < 1.29 is 14.3 Å². The average Bonchev–Trinajstić information content (AvgIpc) is 2.40. The maximum absolute atomic E-state index is 12.0. The number of fused-ring (bicyclic) bond motifs is 3. The number of ether oxygens (including phenoxy) is 1. The number of hydrogen-bond donors (Lipinski definition) is 1. The van der Waals surface area contributed by atoms with E-state index in [1.165, 1.54) is 0 Å². The third-order valence-electron chi connectivity index (χ3n) is 4.66. The Balaban J connectivity index is 2.09. The lowest BCUT2D eigenvalue weighted by Gasteiger charge is -2.50. The fraction of sp³-hybridized carbons (Fsp3) is 0.846. The van der Waals surface area contributed by atoms with Crippen molar-refractivity contribution in [3.05, 3.63) is 0 Å². The van der Waals surface area contributed by atoms with Gasteiger partial charge in [0.1, 0.15) is 0 Å². The molecule has 0 atom stereocenters. The molecule has 0 saturated heterocycles. The van der Waals surface area contributed by atoms with Crippen molar-refractivity contribution in [2.75, 3.05) is 13.7 Å². The molecule has 0 heterocycles. The number of rotatable bonds is 3. The van der Waals surface area contributed by atoms with Gasteiger partial charge in [-0.1, -0.05) is 0 Å². The number of carbonyl (C=O) groups excluding carboxylic acids is 2. The smallest absolute Gasteiger partial charge is 0.312 e. The van der Waals surface area contributed by atoms with Crippen LogP contribution in [0.1, 0.15) is 45.4 Å². The van der Waals surface area contributed by atoms with Crippen LogP contribution in [-0.4, -0.2) is 25.5 Å². The summed E-state index contributed by atoms with van der Waals surface area (Å²) in [6, 6.07) is 0. The summed E-state index contributed by atoms with van der Waals surface area (Å²) in [7, 11) is 1.69.